The number of fused-ring (bicyclic) bond motifs is 1. The number of rotatable bonds is 4. The van der Waals surface area contributed by atoms with Gasteiger partial charge in [0.05, 0.1) is 5.56 Å². The number of ether oxygens (including phenoxy) is 1. The largest absolute Gasteiger partial charge is 0.491 e. The van der Waals surface area contributed by atoms with E-state index in [0.717, 1.165) is 19.1 Å². The van der Waals surface area contributed by atoms with E-state index >= 15 is 0 Å². The van der Waals surface area contributed by atoms with Crippen LogP contribution in [-0.4, -0.2) is 54.7 Å². The first-order chi connectivity index (χ1) is 10.3. The van der Waals surface area contributed by atoms with Crippen LogP contribution in [-0.2, 0) is 0 Å². The average molecular weight is 285 g/mol. The van der Waals surface area contributed by atoms with E-state index in [2.05, 4.69) is 22.8 Å². The lowest BCUT2D eigenvalue weighted by Gasteiger charge is -2.42. The predicted molar refractivity (Wildman–Crippen MR) is 82.3 cm³/mol. The summed E-state index contributed by atoms with van der Waals surface area (Å²) in [5.74, 6) is 0.701. The van der Waals surface area contributed by atoms with Gasteiger partial charge in [0.1, 0.15) is 18.4 Å². The summed E-state index contributed by atoms with van der Waals surface area (Å²) < 4.78 is 5.81. The Balaban J connectivity index is 1.52. The molecule has 0 amide bonds. The van der Waals surface area contributed by atoms with E-state index in [1.807, 2.05) is 18.2 Å². The van der Waals surface area contributed by atoms with Crippen LogP contribution in [0, 0.1) is 11.3 Å². The van der Waals surface area contributed by atoms with Gasteiger partial charge in [0, 0.05) is 31.7 Å². The van der Waals surface area contributed by atoms with Gasteiger partial charge in [0.25, 0.3) is 0 Å². The Morgan fingerprint density at radius 2 is 2.19 bits per heavy atom. The summed E-state index contributed by atoms with van der Waals surface area (Å²) in [5, 5.41) is 9.07. The van der Waals surface area contributed by atoms with E-state index in [1.54, 1.807) is 6.07 Å². The number of hydrogen-bond acceptors (Lipinski definition) is 4. The summed E-state index contributed by atoms with van der Waals surface area (Å²) in [5.41, 5.74) is 0.617. The van der Waals surface area contributed by atoms with Gasteiger partial charge < -0.3 is 4.74 Å². The molecule has 2 aliphatic rings. The third-order valence-corrected chi connectivity index (χ3v) is 4.71. The highest BCUT2D eigenvalue weighted by Crippen LogP contribution is 2.24. The maximum absolute atomic E-state index is 9.07. The zero-order valence-electron chi connectivity index (χ0n) is 12.7. The van der Waals surface area contributed by atoms with E-state index < -0.39 is 0 Å². The zero-order chi connectivity index (χ0) is 14.7. The first kappa shape index (κ1) is 14.4. The van der Waals surface area contributed by atoms with Crippen molar-refractivity contribution >= 4 is 0 Å². The lowest BCUT2D eigenvalue weighted by atomic mass is 10.1. The van der Waals surface area contributed by atoms with E-state index in [9.17, 15) is 0 Å². The Morgan fingerprint density at radius 3 is 3.05 bits per heavy atom. The van der Waals surface area contributed by atoms with Crippen LogP contribution in [0.15, 0.2) is 24.3 Å². The molecule has 2 unspecified atom stereocenters. The SMILES string of the molecule is CC1CN2CCCC2CN1CCOc1ccccc1C#N. The smallest absolute Gasteiger partial charge is 0.137 e. The van der Waals surface area contributed by atoms with Crippen molar-refractivity contribution in [1.29, 1.82) is 5.26 Å². The lowest BCUT2D eigenvalue weighted by Crippen LogP contribution is -2.55. The Bertz CT molecular complexity index is 525. The molecule has 0 spiro atoms. The summed E-state index contributed by atoms with van der Waals surface area (Å²) in [7, 11) is 0. The van der Waals surface area contributed by atoms with Crippen molar-refractivity contribution in [2.75, 3.05) is 32.8 Å². The molecule has 4 heteroatoms. The van der Waals surface area contributed by atoms with Gasteiger partial charge in [-0.3, -0.25) is 9.80 Å². The molecule has 0 aromatic heterocycles. The maximum atomic E-state index is 9.07. The van der Waals surface area contributed by atoms with Crippen molar-refractivity contribution < 1.29 is 4.74 Å². The molecule has 2 fully saturated rings. The Morgan fingerprint density at radius 1 is 1.33 bits per heavy atom. The molecule has 2 atom stereocenters. The summed E-state index contributed by atoms with van der Waals surface area (Å²) in [6.07, 6.45) is 2.68. The Kier molecular flexibility index (Phi) is 4.42. The average Bonchev–Trinajstić information content (AvgIpc) is 2.95. The van der Waals surface area contributed by atoms with Crippen molar-refractivity contribution in [3.8, 4) is 11.8 Å². The lowest BCUT2D eigenvalue weighted by molar-refractivity contribution is 0.0500. The molecule has 0 bridgehead atoms. The fourth-order valence-electron chi connectivity index (χ4n) is 3.52. The third-order valence-electron chi connectivity index (χ3n) is 4.71. The number of benzene rings is 1. The summed E-state index contributed by atoms with van der Waals surface area (Å²) in [4.78, 5) is 5.16. The third kappa shape index (κ3) is 3.20. The zero-order valence-corrected chi connectivity index (χ0v) is 12.7. The standard InChI is InChI=1S/C17H23N3O/c1-14-12-20-8-4-6-16(20)13-19(14)9-10-21-17-7-3-2-5-15(17)11-18/h2-3,5,7,14,16H,4,6,8-10,12-13H2,1H3. The van der Waals surface area contributed by atoms with Gasteiger partial charge >= 0.3 is 0 Å². The molecular weight excluding hydrogens is 262 g/mol. The highest BCUT2D eigenvalue weighted by atomic mass is 16.5. The van der Waals surface area contributed by atoms with E-state index in [4.69, 9.17) is 10.00 Å². The van der Waals surface area contributed by atoms with Crippen molar-refractivity contribution in [3.05, 3.63) is 29.8 Å². The molecule has 21 heavy (non-hydrogen) atoms. The van der Waals surface area contributed by atoms with Crippen LogP contribution in [0.25, 0.3) is 0 Å². The van der Waals surface area contributed by atoms with Crippen LogP contribution in [0.3, 0.4) is 0 Å². The Hall–Kier alpha value is -1.57. The van der Waals surface area contributed by atoms with Gasteiger partial charge in [-0.05, 0) is 38.4 Å². The second kappa shape index (κ2) is 6.46. The first-order valence-corrected chi connectivity index (χ1v) is 7.88. The first-order valence-electron chi connectivity index (χ1n) is 7.88. The molecular formula is C17H23N3O. The number of piperazine rings is 1. The molecule has 0 radical (unpaired) electrons. The van der Waals surface area contributed by atoms with E-state index in [-0.39, 0.29) is 0 Å². The minimum absolute atomic E-state index is 0.592. The molecule has 0 N–H and O–H groups in total. The summed E-state index contributed by atoms with van der Waals surface area (Å²) in [6, 6.07) is 11.0. The van der Waals surface area contributed by atoms with Crippen molar-refractivity contribution in [2.24, 2.45) is 0 Å². The number of para-hydroxylation sites is 1. The number of hydrogen-bond donors (Lipinski definition) is 0. The molecule has 2 aliphatic heterocycles. The minimum atomic E-state index is 0.592. The second-order valence-corrected chi connectivity index (χ2v) is 6.09. The summed E-state index contributed by atoms with van der Waals surface area (Å²) in [6.45, 7) is 7.50. The van der Waals surface area contributed by atoms with Crippen LogP contribution in [0.2, 0.25) is 0 Å². The monoisotopic (exact) mass is 285 g/mol. The summed E-state index contributed by atoms with van der Waals surface area (Å²) >= 11 is 0. The van der Waals surface area contributed by atoms with Gasteiger partial charge in [-0.1, -0.05) is 12.1 Å². The van der Waals surface area contributed by atoms with Crippen molar-refractivity contribution in [1.82, 2.24) is 9.80 Å². The van der Waals surface area contributed by atoms with Gasteiger partial charge in [-0.2, -0.15) is 5.26 Å². The fourth-order valence-corrected chi connectivity index (χ4v) is 3.52. The van der Waals surface area contributed by atoms with E-state index in [1.165, 1.54) is 25.9 Å². The second-order valence-electron chi connectivity index (χ2n) is 6.09. The van der Waals surface area contributed by atoms with Gasteiger partial charge in [0.2, 0.25) is 0 Å². The highest BCUT2D eigenvalue weighted by molar-refractivity contribution is 5.42. The molecule has 3 rings (SSSR count). The molecule has 1 aromatic rings. The molecule has 0 aliphatic carbocycles. The van der Waals surface area contributed by atoms with Gasteiger partial charge in [-0.15, -0.1) is 0 Å². The maximum Gasteiger partial charge on any atom is 0.137 e. The van der Waals surface area contributed by atoms with Crippen molar-refractivity contribution in [2.45, 2.75) is 31.8 Å². The van der Waals surface area contributed by atoms with Gasteiger partial charge in [-0.25, -0.2) is 0 Å². The van der Waals surface area contributed by atoms with Crippen LogP contribution in [0.5, 0.6) is 5.75 Å². The fraction of sp³-hybridized carbons (Fsp3) is 0.588. The molecule has 112 valence electrons. The predicted octanol–water partition coefficient (Wildman–Crippen LogP) is 2.11. The topological polar surface area (TPSA) is 39.5 Å². The van der Waals surface area contributed by atoms with Crippen LogP contribution >= 0.6 is 0 Å². The minimum Gasteiger partial charge on any atom is -0.491 e. The molecule has 2 saturated heterocycles. The molecule has 2 heterocycles. The molecule has 0 saturated carbocycles. The number of nitrogens with zero attached hydrogens (tertiary/aromatic N) is 3. The van der Waals surface area contributed by atoms with Gasteiger partial charge in [0.15, 0.2) is 0 Å². The van der Waals surface area contributed by atoms with Crippen LogP contribution < -0.4 is 4.74 Å². The molecule has 1 aromatic carbocycles. The van der Waals surface area contributed by atoms with E-state index in [0.29, 0.717) is 24.0 Å². The van der Waals surface area contributed by atoms with Crippen molar-refractivity contribution in [3.63, 3.8) is 0 Å². The normalized spacial score (nSPS) is 26.3. The molecule has 4 nitrogen and oxygen atoms in total. The van der Waals surface area contributed by atoms with Crippen LogP contribution in [0.4, 0.5) is 0 Å². The Labute approximate surface area is 126 Å². The number of nitriles is 1. The highest BCUT2D eigenvalue weighted by Gasteiger charge is 2.33. The quantitative estimate of drug-likeness (QED) is 0.849. The van der Waals surface area contributed by atoms with Crippen LogP contribution in [0.1, 0.15) is 25.3 Å².